The Labute approximate surface area is 166 Å². The topological polar surface area (TPSA) is 92.3 Å². The third kappa shape index (κ3) is 4.72. The van der Waals surface area contributed by atoms with Gasteiger partial charge in [-0.1, -0.05) is 13.0 Å². The molecule has 2 aromatic rings. The molecule has 6 nitrogen and oxygen atoms in total. The third-order valence-electron chi connectivity index (χ3n) is 4.17. The molecule has 144 valence electrons. The summed E-state index contributed by atoms with van der Waals surface area (Å²) < 4.78 is 25.4. The Kier molecular flexibility index (Phi) is 5.92. The zero-order valence-electron chi connectivity index (χ0n) is 14.9. The third-order valence-corrected chi connectivity index (χ3v) is 8.14. The molecule has 0 saturated carbocycles. The van der Waals surface area contributed by atoms with E-state index in [1.807, 2.05) is 17.5 Å². The smallest absolute Gasteiger partial charge is 0.237 e. The molecular formula is C18H20N2O4S3. The van der Waals surface area contributed by atoms with Crippen LogP contribution in [0.15, 0.2) is 45.5 Å². The summed E-state index contributed by atoms with van der Waals surface area (Å²) in [7, 11) is -3.66. The van der Waals surface area contributed by atoms with Crippen LogP contribution in [0.3, 0.4) is 0 Å². The zero-order valence-corrected chi connectivity index (χ0v) is 17.3. The molecule has 2 unspecified atom stereocenters. The lowest BCUT2D eigenvalue weighted by atomic mass is 10.2. The molecule has 2 atom stereocenters. The van der Waals surface area contributed by atoms with Gasteiger partial charge in [-0.15, -0.1) is 23.1 Å². The maximum atomic E-state index is 12.7. The molecule has 3 rings (SSSR count). The van der Waals surface area contributed by atoms with Crippen molar-refractivity contribution in [1.29, 1.82) is 0 Å². The van der Waals surface area contributed by atoms with Crippen LogP contribution in [0.25, 0.3) is 0 Å². The van der Waals surface area contributed by atoms with E-state index in [0.717, 1.165) is 9.77 Å². The van der Waals surface area contributed by atoms with Crippen molar-refractivity contribution in [3.8, 4) is 0 Å². The number of hydrogen-bond acceptors (Lipinski definition) is 6. The zero-order chi connectivity index (χ0) is 19.6. The summed E-state index contributed by atoms with van der Waals surface area (Å²) in [6.07, 6.45) is 0. The Morgan fingerprint density at radius 3 is 2.81 bits per heavy atom. The first-order valence-electron chi connectivity index (χ1n) is 8.40. The molecule has 0 radical (unpaired) electrons. The van der Waals surface area contributed by atoms with E-state index in [1.165, 1.54) is 35.2 Å². The van der Waals surface area contributed by atoms with Crippen molar-refractivity contribution in [2.45, 2.75) is 35.4 Å². The number of carbonyl (C=O) groups excluding carboxylic acids is 2. The summed E-state index contributed by atoms with van der Waals surface area (Å²) in [5, 5.41) is 7.20. The van der Waals surface area contributed by atoms with Gasteiger partial charge in [0.05, 0.1) is 28.1 Å². The molecule has 0 saturated heterocycles. The van der Waals surface area contributed by atoms with Crippen LogP contribution in [-0.2, 0) is 26.0 Å². The number of rotatable bonds is 6. The first kappa shape index (κ1) is 19.9. The van der Waals surface area contributed by atoms with Crippen LogP contribution >= 0.6 is 23.1 Å². The lowest BCUT2D eigenvalue weighted by Crippen LogP contribution is -2.32. The summed E-state index contributed by atoms with van der Waals surface area (Å²) in [5.41, 5.74) is 0.499. The van der Waals surface area contributed by atoms with Crippen LogP contribution in [-0.4, -0.2) is 31.2 Å². The van der Waals surface area contributed by atoms with Crippen molar-refractivity contribution < 1.29 is 18.0 Å². The van der Waals surface area contributed by atoms with E-state index in [9.17, 15) is 18.0 Å². The van der Waals surface area contributed by atoms with Crippen LogP contribution in [0.5, 0.6) is 0 Å². The second-order valence-corrected chi connectivity index (χ2v) is 10.8. The number of sulfone groups is 1. The Hall–Kier alpha value is -1.84. The van der Waals surface area contributed by atoms with Crippen LogP contribution in [0.4, 0.5) is 5.69 Å². The first-order chi connectivity index (χ1) is 12.8. The fraction of sp³-hybridized carbons (Fsp3) is 0.333. The van der Waals surface area contributed by atoms with Crippen molar-refractivity contribution in [3.05, 3.63) is 40.6 Å². The first-order valence-corrected chi connectivity index (χ1v) is 11.8. The summed E-state index contributed by atoms with van der Waals surface area (Å²) in [5.74, 6) is -1.43. The Balaban J connectivity index is 1.68. The number of fused-ring (bicyclic) bond motifs is 1. The highest BCUT2D eigenvalue weighted by molar-refractivity contribution is 8.01. The molecule has 0 bridgehead atoms. The highest BCUT2D eigenvalue weighted by Crippen LogP contribution is 2.37. The number of benzene rings is 1. The van der Waals surface area contributed by atoms with E-state index in [4.69, 9.17) is 0 Å². The predicted octanol–water partition coefficient (Wildman–Crippen LogP) is 2.91. The Morgan fingerprint density at radius 1 is 1.33 bits per heavy atom. The minimum Gasteiger partial charge on any atom is -0.351 e. The average Bonchev–Trinajstić information content (AvgIpc) is 3.13. The monoisotopic (exact) mass is 424 g/mol. The minimum absolute atomic E-state index is 0.106. The molecule has 0 spiro atoms. The van der Waals surface area contributed by atoms with Crippen LogP contribution < -0.4 is 10.6 Å². The molecule has 2 heterocycles. The van der Waals surface area contributed by atoms with Crippen molar-refractivity contribution >= 4 is 50.4 Å². The summed E-state index contributed by atoms with van der Waals surface area (Å²) in [6.45, 7) is 3.78. The SMILES string of the molecule is CC(CS(=O)(=O)c1ccc2c(c1)NC(=O)C(C)S2)C(=O)NCc1cccs1. The molecule has 1 aliphatic heterocycles. The second kappa shape index (κ2) is 8.04. The predicted molar refractivity (Wildman–Crippen MR) is 108 cm³/mol. The Bertz CT molecular complexity index is 955. The van der Waals surface area contributed by atoms with E-state index >= 15 is 0 Å². The van der Waals surface area contributed by atoms with E-state index < -0.39 is 15.8 Å². The van der Waals surface area contributed by atoms with Gasteiger partial charge in [0.2, 0.25) is 11.8 Å². The number of hydrogen-bond donors (Lipinski definition) is 2. The van der Waals surface area contributed by atoms with Crippen molar-refractivity contribution in [1.82, 2.24) is 5.32 Å². The minimum atomic E-state index is -3.66. The van der Waals surface area contributed by atoms with Gasteiger partial charge in [-0.05, 0) is 36.6 Å². The van der Waals surface area contributed by atoms with Gasteiger partial charge in [0.15, 0.2) is 9.84 Å². The molecule has 1 aliphatic rings. The van der Waals surface area contributed by atoms with E-state index in [0.29, 0.717) is 12.2 Å². The number of anilines is 1. The molecular weight excluding hydrogens is 404 g/mol. The van der Waals surface area contributed by atoms with Gasteiger partial charge < -0.3 is 10.6 Å². The number of amides is 2. The maximum Gasteiger partial charge on any atom is 0.237 e. The van der Waals surface area contributed by atoms with Crippen LogP contribution in [0, 0.1) is 5.92 Å². The van der Waals surface area contributed by atoms with E-state index in [2.05, 4.69) is 10.6 Å². The highest BCUT2D eigenvalue weighted by atomic mass is 32.2. The molecule has 2 amide bonds. The molecule has 2 N–H and O–H groups in total. The lowest BCUT2D eigenvalue weighted by molar-refractivity contribution is -0.124. The van der Waals surface area contributed by atoms with Gasteiger partial charge in [0, 0.05) is 15.7 Å². The highest BCUT2D eigenvalue weighted by Gasteiger charge is 2.27. The van der Waals surface area contributed by atoms with Crippen molar-refractivity contribution in [3.63, 3.8) is 0 Å². The Morgan fingerprint density at radius 2 is 2.11 bits per heavy atom. The maximum absolute atomic E-state index is 12.7. The van der Waals surface area contributed by atoms with Crippen LogP contribution in [0.1, 0.15) is 18.7 Å². The van der Waals surface area contributed by atoms with E-state index in [1.54, 1.807) is 19.9 Å². The number of thiophene rings is 1. The van der Waals surface area contributed by atoms with Gasteiger partial charge in [-0.3, -0.25) is 9.59 Å². The lowest BCUT2D eigenvalue weighted by Gasteiger charge is -2.22. The molecule has 27 heavy (non-hydrogen) atoms. The van der Waals surface area contributed by atoms with Gasteiger partial charge in [0.25, 0.3) is 0 Å². The second-order valence-electron chi connectivity index (χ2n) is 6.39. The number of nitrogens with one attached hydrogen (secondary N) is 2. The summed E-state index contributed by atoms with van der Waals surface area (Å²) in [6, 6.07) is 8.50. The van der Waals surface area contributed by atoms with Crippen molar-refractivity contribution in [2.24, 2.45) is 5.92 Å². The van der Waals surface area contributed by atoms with E-state index in [-0.39, 0.29) is 27.7 Å². The quantitative estimate of drug-likeness (QED) is 0.744. The summed E-state index contributed by atoms with van der Waals surface area (Å²) >= 11 is 2.92. The number of thioether (sulfide) groups is 1. The molecule has 1 aromatic carbocycles. The van der Waals surface area contributed by atoms with Gasteiger partial charge >= 0.3 is 0 Å². The molecule has 0 aliphatic carbocycles. The normalized spacial score (nSPS) is 17.7. The summed E-state index contributed by atoms with van der Waals surface area (Å²) in [4.78, 5) is 26.0. The largest absolute Gasteiger partial charge is 0.351 e. The number of carbonyl (C=O) groups is 2. The van der Waals surface area contributed by atoms with Gasteiger partial charge in [-0.2, -0.15) is 0 Å². The standard InChI is InChI=1S/C18H20N2O4S3/c1-11(17(21)19-9-13-4-3-7-25-13)10-27(23,24)14-5-6-16-15(8-14)20-18(22)12(2)26-16/h3-8,11-12H,9-10H2,1-2H3,(H,19,21)(H,20,22). The fourth-order valence-electron chi connectivity index (χ4n) is 2.64. The van der Waals surface area contributed by atoms with Crippen LogP contribution in [0.2, 0.25) is 0 Å². The van der Waals surface area contributed by atoms with Gasteiger partial charge in [0.1, 0.15) is 0 Å². The fourth-order valence-corrected chi connectivity index (χ4v) is 5.79. The average molecular weight is 425 g/mol. The molecule has 1 aromatic heterocycles. The molecule has 9 heteroatoms. The molecule has 0 fully saturated rings. The van der Waals surface area contributed by atoms with Crippen molar-refractivity contribution in [2.75, 3.05) is 11.1 Å². The van der Waals surface area contributed by atoms with Gasteiger partial charge in [-0.25, -0.2) is 8.42 Å².